The Morgan fingerprint density at radius 2 is 1.80 bits per heavy atom. The largest absolute Gasteiger partial charge is 0.507 e. The number of aromatic hydroxyl groups is 2. The molecule has 2 rings (SSSR count). The summed E-state index contributed by atoms with van der Waals surface area (Å²) in [5.41, 5.74) is 3.38. The summed E-state index contributed by atoms with van der Waals surface area (Å²) in [5, 5.41) is 39.4. The normalized spacial score (nSPS) is 20.4. The van der Waals surface area contributed by atoms with E-state index < -0.39 is 0 Å². The molecule has 1 aromatic rings. The van der Waals surface area contributed by atoms with Crippen LogP contribution >= 0.6 is 0 Å². The van der Waals surface area contributed by atoms with Crippen molar-refractivity contribution in [2.75, 3.05) is 13.2 Å². The number of hydrogen-bond donors (Lipinski definition) is 4. The summed E-state index contributed by atoms with van der Waals surface area (Å²) < 4.78 is 0. The molecule has 4 N–H and O–H groups in total. The third-order valence-electron chi connectivity index (χ3n) is 5.11. The number of aryl methyl sites for hydroxylation is 1. The van der Waals surface area contributed by atoms with Crippen molar-refractivity contribution in [1.82, 2.24) is 0 Å². The third-order valence-corrected chi connectivity index (χ3v) is 5.11. The minimum absolute atomic E-state index is 0.00384. The highest BCUT2D eigenvalue weighted by molar-refractivity contribution is 5.52. The molecule has 0 saturated carbocycles. The molecule has 0 aromatic heterocycles. The van der Waals surface area contributed by atoms with Gasteiger partial charge >= 0.3 is 0 Å². The predicted molar refractivity (Wildman–Crippen MR) is 99.9 cm³/mol. The van der Waals surface area contributed by atoms with Gasteiger partial charge in [-0.25, -0.2) is 0 Å². The highest BCUT2D eigenvalue weighted by Crippen LogP contribution is 2.46. The van der Waals surface area contributed by atoms with Crippen LogP contribution in [0.3, 0.4) is 0 Å². The van der Waals surface area contributed by atoms with Gasteiger partial charge in [0.15, 0.2) is 0 Å². The second-order valence-electron chi connectivity index (χ2n) is 7.08. The van der Waals surface area contributed by atoms with Gasteiger partial charge in [0, 0.05) is 18.1 Å². The van der Waals surface area contributed by atoms with E-state index >= 15 is 0 Å². The van der Waals surface area contributed by atoms with Crippen molar-refractivity contribution in [3.63, 3.8) is 0 Å². The van der Waals surface area contributed by atoms with Crippen LogP contribution in [0.4, 0.5) is 0 Å². The van der Waals surface area contributed by atoms with Crippen LogP contribution in [0.5, 0.6) is 11.5 Å². The average molecular weight is 346 g/mol. The molecule has 1 aliphatic carbocycles. The van der Waals surface area contributed by atoms with Gasteiger partial charge in [-0.3, -0.25) is 0 Å². The topological polar surface area (TPSA) is 80.9 Å². The highest BCUT2D eigenvalue weighted by atomic mass is 16.3. The van der Waals surface area contributed by atoms with Crippen LogP contribution in [-0.4, -0.2) is 33.6 Å². The fraction of sp³-hybridized carbons (Fsp3) is 0.524. The molecule has 4 nitrogen and oxygen atoms in total. The maximum Gasteiger partial charge on any atom is 0.123 e. The molecular formula is C21H30O4. The Morgan fingerprint density at radius 1 is 1.12 bits per heavy atom. The van der Waals surface area contributed by atoms with Crippen molar-refractivity contribution >= 4 is 0 Å². The first kappa shape index (κ1) is 19.5. The molecule has 25 heavy (non-hydrogen) atoms. The summed E-state index contributed by atoms with van der Waals surface area (Å²) in [7, 11) is 0. The number of phenolic OH excluding ortho intramolecular Hbond substituents is 2. The van der Waals surface area contributed by atoms with E-state index in [0.29, 0.717) is 5.56 Å². The van der Waals surface area contributed by atoms with Gasteiger partial charge in [-0.1, -0.05) is 24.6 Å². The standard InChI is InChI=1S/C21H30O4/c1-14(2)17-8-7-16(13-23)10-18(17)21-19(24)11-15(12-20(21)25)6-4-3-5-9-22/h10-12,17-18,22-25H,1,3-9,13H2,2H3/t17-,18+/m0/s1. The van der Waals surface area contributed by atoms with Gasteiger partial charge in [0.2, 0.25) is 0 Å². The Labute approximate surface area is 150 Å². The summed E-state index contributed by atoms with van der Waals surface area (Å²) >= 11 is 0. The molecule has 4 heteroatoms. The van der Waals surface area contributed by atoms with Gasteiger partial charge in [-0.05, 0) is 68.2 Å². The van der Waals surface area contributed by atoms with Crippen molar-refractivity contribution in [2.45, 2.75) is 51.4 Å². The Balaban J connectivity index is 2.28. The summed E-state index contributed by atoms with van der Waals surface area (Å²) in [6.07, 6.45) is 7.00. The SMILES string of the molecule is C=C(C)[C@@H]1CCC(CO)=C[C@H]1c1c(O)cc(CCCCCO)cc1O. The van der Waals surface area contributed by atoms with E-state index in [-0.39, 0.29) is 36.5 Å². The van der Waals surface area contributed by atoms with Gasteiger partial charge < -0.3 is 20.4 Å². The number of hydrogen-bond acceptors (Lipinski definition) is 4. The summed E-state index contributed by atoms with van der Waals surface area (Å²) in [6.45, 7) is 6.23. The van der Waals surface area contributed by atoms with Gasteiger partial charge in [0.1, 0.15) is 11.5 Å². The molecule has 0 heterocycles. The molecule has 1 aliphatic rings. The first-order chi connectivity index (χ1) is 12.0. The fourth-order valence-corrected chi connectivity index (χ4v) is 3.73. The van der Waals surface area contributed by atoms with E-state index in [1.807, 2.05) is 13.0 Å². The number of aliphatic hydroxyl groups excluding tert-OH is 2. The van der Waals surface area contributed by atoms with Crippen LogP contribution in [0.15, 0.2) is 35.9 Å². The highest BCUT2D eigenvalue weighted by Gasteiger charge is 2.30. The first-order valence-corrected chi connectivity index (χ1v) is 9.09. The quantitative estimate of drug-likeness (QED) is 0.426. The van der Waals surface area contributed by atoms with Gasteiger partial charge in [0.05, 0.1) is 6.61 Å². The monoisotopic (exact) mass is 346 g/mol. The number of rotatable bonds is 8. The molecule has 0 fully saturated rings. The Morgan fingerprint density at radius 3 is 2.36 bits per heavy atom. The minimum Gasteiger partial charge on any atom is -0.507 e. The smallest absolute Gasteiger partial charge is 0.123 e. The molecule has 2 atom stereocenters. The predicted octanol–water partition coefficient (Wildman–Crippen LogP) is 3.79. The molecule has 0 radical (unpaired) electrons. The van der Waals surface area contributed by atoms with Crippen LogP contribution < -0.4 is 0 Å². The zero-order valence-electron chi connectivity index (χ0n) is 15.0. The first-order valence-electron chi connectivity index (χ1n) is 9.09. The van der Waals surface area contributed by atoms with Crippen LogP contribution in [0.25, 0.3) is 0 Å². The zero-order valence-corrected chi connectivity index (χ0v) is 15.0. The lowest BCUT2D eigenvalue weighted by Gasteiger charge is -2.31. The average Bonchev–Trinajstić information content (AvgIpc) is 2.58. The molecule has 0 spiro atoms. The lowest BCUT2D eigenvalue weighted by molar-refractivity contribution is 0.283. The molecule has 0 unspecified atom stereocenters. The van der Waals surface area contributed by atoms with Crippen molar-refractivity contribution in [2.24, 2.45) is 5.92 Å². The second kappa shape index (κ2) is 9.07. The Kier molecular flexibility index (Phi) is 7.09. The number of allylic oxidation sites excluding steroid dienone is 2. The van der Waals surface area contributed by atoms with E-state index in [9.17, 15) is 15.3 Å². The fourth-order valence-electron chi connectivity index (χ4n) is 3.73. The third kappa shape index (κ3) is 4.86. The maximum absolute atomic E-state index is 10.6. The van der Waals surface area contributed by atoms with E-state index in [1.54, 1.807) is 12.1 Å². The van der Waals surface area contributed by atoms with E-state index in [2.05, 4.69) is 6.58 Å². The number of aliphatic hydroxyl groups is 2. The molecule has 1 aromatic carbocycles. The number of unbranched alkanes of at least 4 members (excludes halogenated alkanes) is 2. The molecular weight excluding hydrogens is 316 g/mol. The molecule has 0 aliphatic heterocycles. The molecule has 0 amide bonds. The van der Waals surface area contributed by atoms with E-state index in [0.717, 1.165) is 55.2 Å². The minimum atomic E-state index is -0.170. The molecule has 0 bridgehead atoms. The van der Waals surface area contributed by atoms with Gasteiger partial charge in [-0.2, -0.15) is 0 Å². The zero-order chi connectivity index (χ0) is 18.4. The maximum atomic E-state index is 10.6. The molecule has 0 saturated heterocycles. The summed E-state index contributed by atoms with van der Waals surface area (Å²) in [4.78, 5) is 0. The van der Waals surface area contributed by atoms with Crippen molar-refractivity contribution in [3.05, 3.63) is 47.1 Å². The van der Waals surface area contributed by atoms with Gasteiger partial charge in [0.25, 0.3) is 0 Å². The van der Waals surface area contributed by atoms with Crippen molar-refractivity contribution in [3.8, 4) is 11.5 Å². The van der Waals surface area contributed by atoms with Crippen molar-refractivity contribution < 1.29 is 20.4 Å². The van der Waals surface area contributed by atoms with Crippen LogP contribution in [-0.2, 0) is 6.42 Å². The van der Waals surface area contributed by atoms with Crippen LogP contribution in [0.1, 0.15) is 56.1 Å². The van der Waals surface area contributed by atoms with Crippen molar-refractivity contribution in [1.29, 1.82) is 0 Å². The van der Waals surface area contributed by atoms with Gasteiger partial charge in [-0.15, -0.1) is 0 Å². The van der Waals surface area contributed by atoms with Crippen LogP contribution in [0.2, 0.25) is 0 Å². The van der Waals surface area contributed by atoms with Crippen LogP contribution in [0, 0.1) is 5.92 Å². The van der Waals surface area contributed by atoms with E-state index in [1.165, 1.54) is 0 Å². The lowest BCUT2D eigenvalue weighted by atomic mass is 9.73. The van der Waals surface area contributed by atoms with E-state index in [4.69, 9.17) is 5.11 Å². The lowest BCUT2D eigenvalue weighted by Crippen LogP contribution is -2.18. The number of phenols is 2. The molecule has 138 valence electrons. The summed E-state index contributed by atoms with van der Waals surface area (Å²) in [5.74, 6) is 0.173. The Bertz CT molecular complexity index is 610. The summed E-state index contributed by atoms with van der Waals surface area (Å²) in [6, 6.07) is 3.45. The second-order valence-corrected chi connectivity index (χ2v) is 7.08. The number of benzene rings is 1. The Hall–Kier alpha value is -1.78.